The summed E-state index contributed by atoms with van der Waals surface area (Å²) in [6.45, 7) is 8.63. The van der Waals surface area contributed by atoms with Crippen LogP contribution in [0.15, 0.2) is 54.6 Å². The minimum atomic E-state index is -1.56. The predicted octanol–water partition coefficient (Wildman–Crippen LogP) is 2.38. The first kappa shape index (κ1) is 27.9. The molecule has 8 heteroatoms. The van der Waals surface area contributed by atoms with E-state index in [4.69, 9.17) is 4.74 Å². The van der Waals surface area contributed by atoms with Crippen LogP contribution in [0.3, 0.4) is 0 Å². The van der Waals surface area contributed by atoms with Crippen LogP contribution in [0.25, 0.3) is 11.1 Å². The maximum absolute atomic E-state index is 12.9. The summed E-state index contributed by atoms with van der Waals surface area (Å²) in [5.41, 5.74) is 1.95. The number of carboxylic acid groups (broad SMARTS) is 1. The number of aliphatic carboxylic acids is 1. The number of hydrogen-bond donors (Lipinski definition) is 2. The molecule has 0 aliphatic carbocycles. The average Bonchev–Trinajstić information content (AvgIpc) is 2.77. The Bertz CT molecular complexity index is 983. The molecular weight excluding hydrogens is 448 g/mol. The van der Waals surface area contributed by atoms with E-state index in [1.165, 1.54) is 4.90 Å². The number of carbonyl (C=O) groups excluding carboxylic acids is 3. The van der Waals surface area contributed by atoms with Gasteiger partial charge in [-0.1, -0.05) is 68.4 Å². The molecule has 35 heavy (non-hydrogen) atoms. The maximum Gasteiger partial charge on any atom is 0.337 e. The minimum Gasteiger partial charge on any atom is -0.548 e. The van der Waals surface area contributed by atoms with Crippen molar-refractivity contribution in [2.75, 3.05) is 13.1 Å². The number of rotatable bonds is 10. The van der Waals surface area contributed by atoms with E-state index in [2.05, 4.69) is 5.32 Å². The van der Waals surface area contributed by atoms with Gasteiger partial charge in [0.2, 0.25) is 0 Å². The quantitative estimate of drug-likeness (QED) is 0.501. The molecule has 190 valence electrons. The average molecular weight is 484 g/mol. The molecule has 1 unspecified atom stereocenters. The van der Waals surface area contributed by atoms with Crippen LogP contribution in [0.1, 0.15) is 40.2 Å². The van der Waals surface area contributed by atoms with Crippen molar-refractivity contribution in [3.63, 3.8) is 0 Å². The summed E-state index contributed by atoms with van der Waals surface area (Å²) in [6, 6.07) is 15.2. The highest BCUT2D eigenvalue weighted by molar-refractivity contribution is 5.83. The number of aliphatic hydroxyl groups excluding tert-OH is 1. The normalized spacial score (nSPS) is 13.1. The summed E-state index contributed by atoms with van der Waals surface area (Å²) in [7, 11) is 0. The van der Waals surface area contributed by atoms with E-state index in [0.29, 0.717) is 5.56 Å². The topological polar surface area (TPSA) is 119 Å². The molecule has 0 radical (unpaired) electrons. The van der Waals surface area contributed by atoms with Gasteiger partial charge >= 0.3 is 12.0 Å². The Balaban J connectivity index is 2.09. The number of urea groups is 1. The monoisotopic (exact) mass is 483 g/mol. The second-order valence-corrected chi connectivity index (χ2v) is 9.94. The third kappa shape index (κ3) is 9.41. The lowest BCUT2D eigenvalue weighted by Crippen LogP contribution is -2.55. The second kappa shape index (κ2) is 12.4. The highest BCUT2D eigenvalue weighted by Crippen LogP contribution is 2.20. The summed E-state index contributed by atoms with van der Waals surface area (Å²) < 4.78 is 5.17. The second-order valence-electron chi connectivity index (χ2n) is 9.94. The number of hydrogen-bond acceptors (Lipinski definition) is 6. The van der Waals surface area contributed by atoms with Crippen molar-refractivity contribution in [1.82, 2.24) is 10.2 Å². The molecule has 2 rings (SSSR count). The zero-order valence-electron chi connectivity index (χ0n) is 21.0. The zero-order valence-corrected chi connectivity index (χ0v) is 21.0. The first-order chi connectivity index (χ1) is 16.4. The lowest BCUT2D eigenvalue weighted by molar-refractivity contribution is -0.308. The van der Waals surface area contributed by atoms with Crippen molar-refractivity contribution in [3.8, 4) is 11.1 Å². The van der Waals surface area contributed by atoms with Crippen molar-refractivity contribution < 1.29 is 29.3 Å². The van der Waals surface area contributed by atoms with E-state index in [0.717, 1.165) is 11.1 Å². The van der Waals surface area contributed by atoms with Gasteiger partial charge in [-0.15, -0.1) is 0 Å². The molecule has 2 aromatic rings. The zero-order chi connectivity index (χ0) is 26.2. The van der Waals surface area contributed by atoms with Crippen molar-refractivity contribution in [1.29, 1.82) is 0 Å². The lowest BCUT2D eigenvalue weighted by atomic mass is 10.0. The summed E-state index contributed by atoms with van der Waals surface area (Å²) in [6.07, 6.45) is -1.54. The third-order valence-corrected chi connectivity index (χ3v) is 5.03. The third-order valence-electron chi connectivity index (χ3n) is 5.03. The van der Waals surface area contributed by atoms with Crippen LogP contribution in [0.4, 0.5) is 4.79 Å². The highest BCUT2D eigenvalue weighted by atomic mass is 16.6. The maximum atomic E-state index is 12.9. The van der Waals surface area contributed by atoms with Gasteiger partial charge in [0.1, 0.15) is 5.60 Å². The molecule has 0 saturated heterocycles. The van der Waals surface area contributed by atoms with Gasteiger partial charge in [0, 0.05) is 6.54 Å². The summed E-state index contributed by atoms with van der Waals surface area (Å²) in [5, 5.41) is 24.5. The van der Waals surface area contributed by atoms with Crippen LogP contribution in [0.2, 0.25) is 0 Å². The van der Waals surface area contributed by atoms with E-state index >= 15 is 0 Å². The largest absolute Gasteiger partial charge is 0.548 e. The highest BCUT2D eigenvalue weighted by Gasteiger charge is 2.28. The minimum absolute atomic E-state index is 0.0125. The van der Waals surface area contributed by atoms with Gasteiger partial charge in [0.15, 0.2) is 6.10 Å². The fraction of sp³-hybridized carbons (Fsp3) is 0.444. The Kier molecular flexibility index (Phi) is 9.83. The standard InChI is InChI=1S/C27H36N2O6/c1-18(2)16-29(17-23(30)25(33)35-27(3,4)5)26(34)28-22(24(31)32)15-19-11-13-21(14-12-19)20-9-7-6-8-10-20/h6-14,18,22-23,30H,15-17H2,1-5H3,(H,28,34)(H,31,32)/p-1/t22-,23?/m0/s1. The molecule has 0 aliphatic heterocycles. The molecule has 0 heterocycles. The van der Waals surface area contributed by atoms with Gasteiger partial charge in [0.25, 0.3) is 0 Å². The van der Waals surface area contributed by atoms with Gasteiger partial charge in [-0.2, -0.15) is 0 Å². The number of aliphatic hydroxyl groups is 1. The van der Waals surface area contributed by atoms with Crippen molar-refractivity contribution in [3.05, 3.63) is 60.2 Å². The lowest BCUT2D eigenvalue weighted by Gasteiger charge is -2.30. The fourth-order valence-electron chi connectivity index (χ4n) is 3.47. The Hall–Kier alpha value is -3.39. The van der Waals surface area contributed by atoms with Crippen LogP contribution < -0.4 is 10.4 Å². The molecule has 2 N–H and O–H groups in total. The number of carboxylic acids is 1. The van der Waals surface area contributed by atoms with Crippen LogP contribution in [-0.2, 0) is 20.7 Å². The number of esters is 1. The Morgan fingerprint density at radius 1 is 0.971 bits per heavy atom. The summed E-state index contributed by atoms with van der Waals surface area (Å²) in [4.78, 5) is 38.1. The number of carbonyl (C=O) groups is 3. The van der Waals surface area contributed by atoms with Gasteiger partial charge in [-0.3, -0.25) is 0 Å². The summed E-state index contributed by atoms with van der Waals surface area (Å²) >= 11 is 0. The number of ether oxygens (including phenoxy) is 1. The molecule has 8 nitrogen and oxygen atoms in total. The van der Waals surface area contributed by atoms with E-state index in [1.807, 2.05) is 68.4 Å². The number of nitrogens with zero attached hydrogens (tertiary/aromatic N) is 1. The van der Waals surface area contributed by atoms with Crippen molar-refractivity contribution >= 4 is 18.0 Å². The number of benzene rings is 2. The first-order valence-corrected chi connectivity index (χ1v) is 11.7. The number of nitrogens with one attached hydrogen (secondary N) is 1. The van der Waals surface area contributed by atoms with Gasteiger partial charge in [0.05, 0.1) is 18.6 Å². The van der Waals surface area contributed by atoms with Crippen LogP contribution in [0, 0.1) is 5.92 Å². The molecule has 0 spiro atoms. The SMILES string of the molecule is CC(C)CN(CC(O)C(=O)OC(C)(C)C)C(=O)N[C@@H](Cc1ccc(-c2ccccc2)cc1)C(=O)[O-]. The molecule has 2 amide bonds. The van der Waals surface area contributed by atoms with Crippen LogP contribution in [0.5, 0.6) is 0 Å². The number of amides is 2. The first-order valence-electron chi connectivity index (χ1n) is 11.7. The molecular formula is C27H35N2O6-. The van der Waals surface area contributed by atoms with Crippen molar-refractivity contribution in [2.24, 2.45) is 5.92 Å². The van der Waals surface area contributed by atoms with Gasteiger partial charge < -0.3 is 30.0 Å². The Labute approximate surface area is 206 Å². The van der Waals surface area contributed by atoms with Crippen LogP contribution >= 0.6 is 0 Å². The molecule has 2 aromatic carbocycles. The molecule has 0 aromatic heterocycles. The van der Waals surface area contributed by atoms with E-state index in [9.17, 15) is 24.6 Å². The Morgan fingerprint density at radius 3 is 2.06 bits per heavy atom. The van der Waals surface area contributed by atoms with Gasteiger partial charge in [-0.25, -0.2) is 9.59 Å². The van der Waals surface area contributed by atoms with E-state index < -0.39 is 35.7 Å². The smallest absolute Gasteiger partial charge is 0.337 e. The summed E-state index contributed by atoms with van der Waals surface area (Å²) in [5.74, 6) is -2.27. The van der Waals surface area contributed by atoms with E-state index in [-0.39, 0.29) is 25.4 Å². The molecule has 0 aliphatic rings. The predicted molar refractivity (Wildman–Crippen MR) is 131 cm³/mol. The Morgan fingerprint density at radius 2 is 1.54 bits per heavy atom. The molecule has 0 saturated carbocycles. The molecule has 0 fully saturated rings. The molecule has 2 atom stereocenters. The van der Waals surface area contributed by atoms with E-state index in [1.54, 1.807) is 20.8 Å². The van der Waals surface area contributed by atoms with Crippen LogP contribution in [-0.4, -0.2) is 58.8 Å². The van der Waals surface area contributed by atoms with Gasteiger partial charge in [-0.05, 0) is 49.8 Å². The molecule has 0 bridgehead atoms. The van der Waals surface area contributed by atoms with Crippen molar-refractivity contribution in [2.45, 2.75) is 58.8 Å². The fourth-order valence-corrected chi connectivity index (χ4v) is 3.47.